The third-order valence-corrected chi connectivity index (χ3v) is 3.88. The van der Waals surface area contributed by atoms with E-state index in [0.717, 1.165) is 23.1 Å². The van der Waals surface area contributed by atoms with Crippen LogP contribution in [0.1, 0.15) is 5.56 Å². The molecule has 20 heavy (non-hydrogen) atoms. The number of hydrogen-bond acceptors (Lipinski definition) is 3. The molecular formula is C12H12F2N2O3S. The highest BCUT2D eigenvalue weighted by molar-refractivity contribution is 7.99. The molecule has 1 aliphatic heterocycles. The lowest BCUT2D eigenvalue weighted by Crippen LogP contribution is -2.46. The molecule has 5 nitrogen and oxygen atoms in total. The molecule has 2 rings (SSSR count). The summed E-state index contributed by atoms with van der Waals surface area (Å²) >= 11 is 1.32. The van der Waals surface area contributed by atoms with Crippen LogP contribution in [-0.4, -0.2) is 39.7 Å². The summed E-state index contributed by atoms with van der Waals surface area (Å²) in [6, 6.07) is 1.45. The van der Waals surface area contributed by atoms with Crippen molar-refractivity contribution in [3.05, 3.63) is 35.4 Å². The van der Waals surface area contributed by atoms with Crippen LogP contribution in [-0.2, 0) is 11.3 Å². The summed E-state index contributed by atoms with van der Waals surface area (Å²) in [7, 11) is 0. The molecule has 1 saturated heterocycles. The van der Waals surface area contributed by atoms with Gasteiger partial charge >= 0.3 is 12.0 Å². The van der Waals surface area contributed by atoms with Crippen molar-refractivity contribution in [3.63, 3.8) is 0 Å². The van der Waals surface area contributed by atoms with Crippen LogP contribution in [0.2, 0.25) is 0 Å². The third kappa shape index (κ3) is 3.19. The summed E-state index contributed by atoms with van der Waals surface area (Å²) in [5, 5.41) is 11.4. The summed E-state index contributed by atoms with van der Waals surface area (Å²) in [6.07, 6.45) is 0. The van der Waals surface area contributed by atoms with Crippen molar-refractivity contribution in [2.24, 2.45) is 0 Å². The predicted molar refractivity (Wildman–Crippen MR) is 69.2 cm³/mol. The van der Waals surface area contributed by atoms with E-state index in [9.17, 15) is 18.4 Å². The van der Waals surface area contributed by atoms with Gasteiger partial charge in [0.1, 0.15) is 17.7 Å². The van der Waals surface area contributed by atoms with E-state index in [4.69, 9.17) is 5.11 Å². The van der Waals surface area contributed by atoms with E-state index in [0.29, 0.717) is 5.75 Å². The van der Waals surface area contributed by atoms with Gasteiger partial charge in [-0.05, 0) is 18.2 Å². The topological polar surface area (TPSA) is 69.6 Å². The van der Waals surface area contributed by atoms with Crippen molar-refractivity contribution in [1.29, 1.82) is 0 Å². The number of halogens is 2. The fraction of sp³-hybridized carbons (Fsp3) is 0.333. The van der Waals surface area contributed by atoms with E-state index >= 15 is 0 Å². The number of benzene rings is 1. The second-order valence-corrected chi connectivity index (χ2v) is 5.22. The van der Waals surface area contributed by atoms with Crippen molar-refractivity contribution in [2.75, 3.05) is 11.6 Å². The fourth-order valence-corrected chi connectivity index (χ4v) is 2.94. The minimum absolute atomic E-state index is 0.0112. The summed E-state index contributed by atoms with van der Waals surface area (Å²) in [4.78, 5) is 24.0. The second-order valence-electron chi connectivity index (χ2n) is 4.22. The number of hydrogen-bond donors (Lipinski definition) is 2. The molecule has 1 aromatic rings. The lowest BCUT2D eigenvalue weighted by Gasteiger charge is -2.21. The zero-order valence-electron chi connectivity index (χ0n) is 10.3. The van der Waals surface area contributed by atoms with Gasteiger partial charge in [0.2, 0.25) is 0 Å². The maximum Gasteiger partial charge on any atom is 0.327 e. The van der Waals surface area contributed by atoms with E-state index in [2.05, 4.69) is 5.32 Å². The molecule has 1 aromatic carbocycles. The molecule has 0 spiro atoms. The average Bonchev–Trinajstić information content (AvgIpc) is 2.89. The van der Waals surface area contributed by atoms with E-state index in [1.165, 1.54) is 11.8 Å². The van der Waals surface area contributed by atoms with Crippen LogP contribution in [0.5, 0.6) is 0 Å². The normalized spacial score (nSPS) is 18.1. The van der Waals surface area contributed by atoms with Gasteiger partial charge in [-0.1, -0.05) is 0 Å². The molecular weight excluding hydrogens is 290 g/mol. The highest BCUT2D eigenvalue weighted by Crippen LogP contribution is 2.21. The van der Waals surface area contributed by atoms with Gasteiger partial charge in [-0.15, -0.1) is 11.8 Å². The van der Waals surface area contributed by atoms with Crippen molar-refractivity contribution in [2.45, 2.75) is 12.6 Å². The van der Waals surface area contributed by atoms with Crippen LogP contribution in [0.15, 0.2) is 18.2 Å². The highest BCUT2D eigenvalue weighted by Gasteiger charge is 2.34. The fourth-order valence-electron chi connectivity index (χ4n) is 1.80. The predicted octanol–water partition coefficient (Wildman–Crippen LogP) is 1.63. The summed E-state index contributed by atoms with van der Waals surface area (Å²) in [6.45, 7) is -0.198. The molecule has 2 N–H and O–H groups in total. The Hall–Kier alpha value is -1.83. The molecule has 0 radical (unpaired) electrons. The maximum atomic E-state index is 13.4. The molecule has 1 heterocycles. The van der Waals surface area contributed by atoms with Crippen molar-refractivity contribution in [3.8, 4) is 0 Å². The molecule has 2 amide bonds. The van der Waals surface area contributed by atoms with Gasteiger partial charge in [-0.2, -0.15) is 0 Å². The largest absolute Gasteiger partial charge is 0.480 e. The second kappa shape index (κ2) is 6.08. The number of nitrogens with one attached hydrogen (secondary N) is 1. The number of carboxylic acids is 1. The number of nitrogens with zero attached hydrogens (tertiary/aromatic N) is 1. The van der Waals surface area contributed by atoms with Gasteiger partial charge in [-0.25, -0.2) is 18.4 Å². The maximum absolute atomic E-state index is 13.4. The summed E-state index contributed by atoms with van der Waals surface area (Å²) < 4.78 is 26.3. The number of urea groups is 1. The van der Waals surface area contributed by atoms with E-state index in [-0.39, 0.29) is 18.0 Å². The zero-order chi connectivity index (χ0) is 14.7. The quantitative estimate of drug-likeness (QED) is 0.890. The molecule has 0 aromatic heterocycles. The minimum Gasteiger partial charge on any atom is -0.480 e. The number of aliphatic carboxylic acids is 1. The molecule has 108 valence electrons. The van der Waals surface area contributed by atoms with Crippen LogP contribution in [0.3, 0.4) is 0 Å². The number of rotatable bonds is 3. The lowest BCUT2D eigenvalue weighted by molar-refractivity contribution is -0.140. The molecule has 1 unspecified atom stereocenters. The first-order valence-electron chi connectivity index (χ1n) is 5.78. The first-order chi connectivity index (χ1) is 9.49. The standard InChI is InChI=1S/C12H12F2N2O3S/c13-8-1-2-9(14)7(3-8)4-15-12(19)16-6-20-5-10(16)11(17)18/h1-3,10H,4-6H2,(H,15,19)(H,17,18). The van der Waals surface area contributed by atoms with Crippen LogP contribution < -0.4 is 5.32 Å². The monoisotopic (exact) mass is 302 g/mol. The van der Waals surface area contributed by atoms with Crippen molar-refractivity contribution >= 4 is 23.8 Å². The number of thioether (sulfide) groups is 1. The first kappa shape index (κ1) is 14.6. The van der Waals surface area contributed by atoms with E-state index in [1.54, 1.807) is 0 Å². The van der Waals surface area contributed by atoms with Gasteiger partial charge in [0.05, 0.1) is 5.88 Å². The van der Waals surface area contributed by atoms with Crippen molar-refractivity contribution in [1.82, 2.24) is 10.2 Å². The van der Waals surface area contributed by atoms with Gasteiger partial charge in [0.15, 0.2) is 0 Å². The first-order valence-corrected chi connectivity index (χ1v) is 6.93. The Morgan fingerprint density at radius 3 is 2.90 bits per heavy atom. The molecule has 1 fully saturated rings. The SMILES string of the molecule is O=C(O)C1CSCN1C(=O)NCc1cc(F)ccc1F. The van der Waals surface area contributed by atoms with E-state index < -0.39 is 29.7 Å². The Kier molecular flexibility index (Phi) is 4.43. The Morgan fingerprint density at radius 1 is 1.45 bits per heavy atom. The summed E-state index contributed by atoms with van der Waals surface area (Å²) in [5.74, 6) is -1.74. The molecule has 1 aliphatic rings. The molecule has 0 bridgehead atoms. The van der Waals surface area contributed by atoms with Crippen LogP contribution in [0.25, 0.3) is 0 Å². The number of carbonyl (C=O) groups excluding carboxylic acids is 1. The zero-order valence-corrected chi connectivity index (χ0v) is 11.1. The van der Waals surface area contributed by atoms with Crippen LogP contribution in [0.4, 0.5) is 13.6 Å². The van der Waals surface area contributed by atoms with Crippen molar-refractivity contribution < 1.29 is 23.5 Å². The summed E-state index contributed by atoms with van der Waals surface area (Å²) in [5.41, 5.74) is 0.0112. The molecule has 8 heteroatoms. The molecule has 1 atom stereocenters. The van der Waals surface area contributed by atoms with Gasteiger partial charge < -0.3 is 15.3 Å². The van der Waals surface area contributed by atoms with Gasteiger partial charge in [0.25, 0.3) is 0 Å². The van der Waals surface area contributed by atoms with E-state index in [1.807, 2.05) is 0 Å². The Balaban J connectivity index is 1.98. The molecule has 0 saturated carbocycles. The Labute approximate surface area is 117 Å². The van der Waals surface area contributed by atoms with Crippen LogP contribution in [0, 0.1) is 11.6 Å². The number of carboxylic acid groups (broad SMARTS) is 1. The highest BCUT2D eigenvalue weighted by atomic mass is 32.2. The lowest BCUT2D eigenvalue weighted by atomic mass is 10.2. The molecule has 0 aliphatic carbocycles. The number of amides is 2. The third-order valence-electron chi connectivity index (χ3n) is 2.87. The Morgan fingerprint density at radius 2 is 2.20 bits per heavy atom. The van der Waals surface area contributed by atoms with Gasteiger partial charge in [0, 0.05) is 17.9 Å². The minimum atomic E-state index is -1.08. The number of carbonyl (C=O) groups is 2. The Bertz CT molecular complexity index is 541. The smallest absolute Gasteiger partial charge is 0.327 e. The van der Waals surface area contributed by atoms with Crippen LogP contribution >= 0.6 is 11.8 Å². The van der Waals surface area contributed by atoms with Gasteiger partial charge in [-0.3, -0.25) is 0 Å². The average molecular weight is 302 g/mol.